The molecule has 0 aliphatic rings. The highest BCUT2D eigenvalue weighted by Crippen LogP contribution is 2.45. The fourth-order valence-electron chi connectivity index (χ4n) is 2.78. The van der Waals surface area contributed by atoms with Gasteiger partial charge in [0.15, 0.2) is 0 Å². The second kappa shape index (κ2) is 4.08. The highest BCUT2D eigenvalue weighted by atomic mass is 32.1. The Hall–Kier alpha value is -1.38. The number of rotatable bonds is 0. The topological polar surface area (TPSA) is 0 Å². The molecule has 0 amide bonds. The maximum Gasteiger partial charge on any atom is 0.0786 e. The minimum atomic E-state index is 1.03. The summed E-state index contributed by atoms with van der Waals surface area (Å²) < 4.78 is 8.28. The second-order valence-corrected chi connectivity index (χ2v) is 9.52. The first kappa shape index (κ1) is 12.2. The van der Waals surface area contributed by atoms with Crippen molar-refractivity contribution in [2.24, 2.45) is 0 Å². The van der Waals surface area contributed by atoms with Gasteiger partial charge in [0.05, 0.1) is 14.3 Å². The van der Waals surface area contributed by atoms with Crippen LogP contribution in [0, 0.1) is 19.3 Å². The van der Waals surface area contributed by atoms with Crippen LogP contribution in [-0.2, 0) is 0 Å². The van der Waals surface area contributed by atoms with Crippen LogP contribution < -0.4 is 0 Å². The molecule has 4 heteroatoms. The number of thiophene rings is 4. The zero-order valence-corrected chi connectivity index (χ0v) is 14.3. The van der Waals surface area contributed by atoms with E-state index in [1.54, 1.807) is 11.3 Å². The van der Waals surface area contributed by atoms with Crippen LogP contribution in [0.1, 0.15) is 9.75 Å². The Bertz CT molecular complexity index is 1200. The van der Waals surface area contributed by atoms with E-state index in [4.69, 9.17) is 6.42 Å². The van der Waals surface area contributed by atoms with E-state index in [9.17, 15) is 0 Å². The summed E-state index contributed by atoms with van der Waals surface area (Å²) >= 11 is 7.39. The Kier molecular flexibility index (Phi) is 2.37. The van der Waals surface area contributed by atoms with Gasteiger partial charge in [0.2, 0.25) is 0 Å². The van der Waals surface area contributed by atoms with Gasteiger partial charge in [-0.3, -0.25) is 0 Å². The zero-order chi connectivity index (χ0) is 14.1. The third-order valence-corrected chi connectivity index (χ3v) is 8.31. The molecular weight excluding hydrogens is 332 g/mol. The molecule has 0 spiro atoms. The number of aryl methyl sites for hydroxylation is 1. The summed E-state index contributed by atoms with van der Waals surface area (Å²) in [7, 11) is 0. The molecule has 0 nitrogen and oxygen atoms in total. The minimum Gasteiger partial charge on any atom is -0.139 e. The molecule has 0 atom stereocenters. The van der Waals surface area contributed by atoms with E-state index >= 15 is 0 Å². The highest BCUT2D eigenvalue weighted by molar-refractivity contribution is 7.34. The SMILES string of the molecule is C#Cc1cc2sc3cc4c(cc3c2s1)sc1cc(C)sc14. The standard InChI is InChI=1S/C17H8S4/c1-3-9-5-15-17(19-9)11-7-12-10(6-13(11)21-15)16-14(20-12)4-8(2)18-16/h1,4-7H,2H3. The summed E-state index contributed by atoms with van der Waals surface area (Å²) in [6.45, 7) is 2.18. The van der Waals surface area contributed by atoms with Gasteiger partial charge in [0.25, 0.3) is 0 Å². The maximum absolute atomic E-state index is 5.53. The van der Waals surface area contributed by atoms with Crippen LogP contribution in [0.25, 0.3) is 39.0 Å². The molecule has 100 valence electrons. The summed E-state index contributed by atoms with van der Waals surface area (Å²) in [6.07, 6.45) is 5.53. The largest absolute Gasteiger partial charge is 0.139 e. The fourth-order valence-corrected chi connectivity index (χ4v) is 7.58. The molecule has 0 N–H and O–H groups in total. The first-order valence-corrected chi connectivity index (χ1v) is 9.75. The van der Waals surface area contributed by atoms with E-state index in [2.05, 4.69) is 37.1 Å². The quantitative estimate of drug-likeness (QED) is 0.271. The number of hydrogen-bond acceptors (Lipinski definition) is 4. The van der Waals surface area contributed by atoms with E-state index in [-0.39, 0.29) is 0 Å². The van der Waals surface area contributed by atoms with Crippen molar-refractivity contribution in [3.05, 3.63) is 34.0 Å². The van der Waals surface area contributed by atoms with Gasteiger partial charge < -0.3 is 0 Å². The third kappa shape index (κ3) is 1.60. The van der Waals surface area contributed by atoms with Crippen molar-refractivity contribution >= 4 is 84.3 Å². The minimum absolute atomic E-state index is 1.03. The van der Waals surface area contributed by atoms with Gasteiger partial charge in [-0.15, -0.1) is 51.8 Å². The summed E-state index contributed by atoms with van der Waals surface area (Å²) in [6, 6.07) is 9.17. The summed E-state index contributed by atoms with van der Waals surface area (Å²) in [5.74, 6) is 2.76. The van der Waals surface area contributed by atoms with Crippen molar-refractivity contribution in [3.8, 4) is 12.3 Å². The third-order valence-electron chi connectivity index (χ3n) is 3.67. The zero-order valence-electron chi connectivity index (χ0n) is 11.0. The molecule has 1 aromatic carbocycles. The first-order valence-electron chi connectivity index (χ1n) is 6.48. The summed E-state index contributed by atoms with van der Waals surface area (Å²) in [5.41, 5.74) is 0. The van der Waals surface area contributed by atoms with Gasteiger partial charge in [-0.1, -0.05) is 5.92 Å². The van der Waals surface area contributed by atoms with Crippen molar-refractivity contribution in [2.75, 3.05) is 0 Å². The van der Waals surface area contributed by atoms with Crippen molar-refractivity contribution in [1.29, 1.82) is 0 Å². The van der Waals surface area contributed by atoms with E-state index in [1.807, 2.05) is 34.0 Å². The lowest BCUT2D eigenvalue weighted by Crippen LogP contribution is -1.64. The summed E-state index contributed by atoms with van der Waals surface area (Å²) in [5, 5.41) is 2.77. The predicted octanol–water partition coefficient (Wildman–Crippen LogP) is 6.84. The normalized spacial score (nSPS) is 12.0. The lowest BCUT2D eigenvalue weighted by atomic mass is 10.2. The van der Waals surface area contributed by atoms with Crippen LogP contribution in [0.5, 0.6) is 0 Å². The first-order chi connectivity index (χ1) is 10.2. The lowest BCUT2D eigenvalue weighted by molar-refractivity contribution is 1.66. The number of hydrogen-bond donors (Lipinski definition) is 0. The van der Waals surface area contributed by atoms with Crippen LogP contribution in [0.4, 0.5) is 0 Å². The van der Waals surface area contributed by atoms with Crippen LogP contribution >= 0.6 is 45.3 Å². The molecule has 4 heterocycles. The fraction of sp³-hybridized carbons (Fsp3) is 0.0588. The molecular formula is C17H8S4. The molecule has 0 saturated carbocycles. The van der Waals surface area contributed by atoms with Crippen molar-refractivity contribution in [1.82, 2.24) is 0 Å². The molecule has 5 aromatic rings. The van der Waals surface area contributed by atoms with E-state index < -0.39 is 0 Å². The number of benzene rings is 1. The molecule has 4 aromatic heterocycles. The molecule has 0 aliphatic carbocycles. The van der Waals surface area contributed by atoms with Crippen molar-refractivity contribution in [2.45, 2.75) is 6.92 Å². The Morgan fingerprint density at radius 3 is 2.05 bits per heavy atom. The van der Waals surface area contributed by atoms with Crippen LogP contribution in [-0.4, -0.2) is 0 Å². The Labute approximate surface area is 137 Å². The molecule has 0 bridgehead atoms. The Morgan fingerprint density at radius 2 is 1.38 bits per heavy atom. The predicted molar refractivity (Wildman–Crippen MR) is 101 cm³/mol. The van der Waals surface area contributed by atoms with Gasteiger partial charge in [0, 0.05) is 34.4 Å². The molecule has 0 unspecified atom stereocenters. The molecule has 0 aliphatic heterocycles. The van der Waals surface area contributed by atoms with E-state index in [1.165, 1.54) is 43.8 Å². The molecule has 5 rings (SSSR count). The van der Waals surface area contributed by atoms with E-state index in [0.29, 0.717) is 0 Å². The average molecular weight is 341 g/mol. The van der Waals surface area contributed by atoms with Crippen molar-refractivity contribution in [3.63, 3.8) is 0 Å². The van der Waals surface area contributed by atoms with Crippen LogP contribution in [0.3, 0.4) is 0 Å². The van der Waals surface area contributed by atoms with Gasteiger partial charge in [-0.2, -0.15) is 0 Å². The lowest BCUT2D eigenvalue weighted by Gasteiger charge is -1.92. The Balaban J connectivity index is 1.96. The second-order valence-electron chi connectivity index (χ2n) is 5.05. The highest BCUT2D eigenvalue weighted by Gasteiger charge is 2.13. The van der Waals surface area contributed by atoms with Gasteiger partial charge in [-0.05, 0) is 31.2 Å². The van der Waals surface area contributed by atoms with Crippen LogP contribution in [0.2, 0.25) is 0 Å². The Morgan fingerprint density at radius 1 is 0.762 bits per heavy atom. The smallest absolute Gasteiger partial charge is 0.0786 e. The molecule has 0 saturated heterocycles. The molecule has 0 fully saturated rings. The molecule has 21 heavy (non-hydrogen) atoms. The number of terminal acetylenes is 1. The van der Waals surface area contributed by atoms with Gasteiger partial charge >= 0.3 is 0 Å². The van der Waals surface area contributed by atoms with Gasteiger partial charge in [-0.25, -0.2) is 0 Å². The monoisotopic (exact) mass is 340 g/mol. The van der Waals surface area contributed by atoms with Crippen molar-refractivity contribution < 1.29 is 0 Å². The van der Waals surface area contributed by atoms with Gasteiger partial charge in [0.1, 0.15) is 0 Å². The number of fused-ring (bicyclic) bond motifs is 6. The van der Waals surface area contributed by atoms with Crippen LogP contribution in [0.15, 0.2) is 24.3 Å². The maximum atomic E-state index is 5.53. The molecule has 0 radical (unpaired) electrons. The summed E-state index contributed by atoms with van der Waals surface area (Å²) in [4.78, 5) is 2.42. The van der Waals surface area contributed by atoms with E-state index in [0.717, 1.165) is 4.88 Å². The average Bonchev–Trinajstić information content (AvgIpc) is 3.15.